The number of benzene rings is 1. The molecule has 1 N–H and O–H groups in total. The van der Waals surface area contributed by atoms with Crippen molar-refractivity contribution in [3.8, 4) is 6.07 Å². The average Bonchev–Trinajstić information content (AvgIpc) is 2.40. The van der Waals surface area contributed by atoms with E-state index in [1.807, 2.05) is 36.4 Å². The fourth-order valence-electron chi connectivity index (χ4n) is 0.589. The number of nitrogens with zero attached hydrogens (tertiary/aromatic N) is 1. The maximum Gasteiger partial charge on any atom is 0.327 e. The van der Waals surface area contributed by atoms with E-state index >= 15 is 0 Å². The number of halogens is 1. The van der Waals surface area contributed by atoms with Crippen LogP contribution in [0.2, 0.25) is 0 Å². The topological polar surface area (TPSA) is 61.1 Å². The number of hydrogen-bond acceptors (Lipinski definition) is 2. The van der Waals surface area contributed by atoms with Crippen molar-refractivity contribution in [1.29, 1.82) is 5.26 Å². The molecule has 1 aromatic carbocycles. The molecule has 0 aliphatic heterocycles. The first-order valence-corrected chi connectivity index (χ1v) is 4.65. The first-order chi connectivity index (χ1) is 8.12. The molecular formula is C14H16ClNO2. The summed E-state index contributed by atoms with van der Waals surface area (Å²) in [6, 6.07) is 11.7. The Balaban J connectivity index is -0.000000198. The Bertz CT molecular complexity index is 394. The molecule has 4 heteroatoms. The third-order valence-corrected chi connectivity index (χ3v) is 1.30. The molecular weight excluding hydrogens is 250 g/mol. The predicted molar refractivity (Wildman–Crippen MR) is 77.4 cm³/mol. The highest BCUT2D eigenvalue weighted by atomic mass is 35.5. The van der Waals surface area contributed by atoms with E-state index in [2.05, 4.69) is 19.7 Å². The monoisotopic (exact) mass is 265 g/mol. The largest absolute Gasteiger partial charge is 0.478 e. The van der Waals surface area contributed by atoms with E-state index in [1.165, 1.54) is 11.6 Å². The summed E-state index contributed by atoms with van der Waals surface area (Å²) in [5, 5.41) is 15.1. The summed E-state index contributed by atoms with van der Waals surface area (Å²) in [5.74, 6) is -0.981. The summed E-state index contributed by atoms with van der Waals surface area (Å²) in [6.45, 7) is 9.71. The molecule has 0 radical (unpaired) electrons. The molecule has 0 spiro atoms. The van der Waals surface area contributed by atoms with Gasteiger partial charge in [0.05, 0.1) is 6.07 Å². The maximum absolute atomic E-state index is 9.25. The quantitative estimate of drug-likeness (QED) is 0.655. The molecule has 0 aromatic heterocycles. The van der Waals surface area contributed by atoms with Gasteiger partial charge in [-0.25, -0.2) is 4.79 Å². The van der Waals surface area contributed by atoms with Crippen LogP contribution < -0.4 is 0 Å². The minimum absolute atomic E-state index is 0. The molecule has 96 valence electrons. The van der Waals surface area contributed by atoms with E-state index in [9.17, 15) is 4.79 Å². The number of carbonyl (C=O) groups is 1. The lowest BCUT2D eigenvalue weighted by Gasteiger charge is -1.85. The summed E-state index contributed by atoms with van der Waals surface area (Å²) in [6.07, 6.45) is 3.85. The second kappa shape index (κ2) is 17.1. The van der Waals surface area contributed by atoms with Crippen molar-refractivity contribution in [2.75, 3.05) is 0 Å². The Morgan fingerprint density at radius 1 is 1.22 bits per heavy atom. The first kappa shape index (κ1) is 21.0. The highest BCUT2D eigenvalue weighted by molar-refractivity contribution is 5.85. The van der Waals surface area contributed by atoms with Gasteiger partial charge in [0.2, 0.25) is 0 Å². The SMILES string of the molecule is C=CC#N.C=CC(=O)O.C=Cc1ccccc1.Cl. The molecule has 0 unspecified atom stereocenters. The molecule has 0 saturated carbocycles. The Kier molecular flexibility index (Phi) is 20.0. The zero-order valence-corrected chi connectivity index (χ0v) is 10.8. The summed E-state index contributed by atoms with van der Waals surface area (Å²) < 4.78 is 0. The molecule has 0 heterocycles. The van der Waals surface area contributed by atoms with Crippen LogP contribution in [0, 0.1) is 11.3 Å². The molecule has 0 amide bonds. The van der Waals surface area contributed by atoms with Crippen molar-refractivity contribution in [3.63, 3.8) is 0 Å². The molecule has 3 nitrogen and oxygen atoms in total. The lowest BCUT2D eigenvalue weighted by molar-refractivity contribution is -0.131. The molecule has 0 aliphatic carbocycles. The van der Waals surface area contributed by atoms with Crippen LogP contribution in [0.4, 0.5) is 0 Å². The van der Waals surface area contributed by atoms with E-state index in [4.69, 9.17) is 10.4 Å². The minimum Gasteiger partial charge on any atom is -0.478 e. The second-order valence-electron chi connectivity index (χ2n) is 2.49. The van der Waals surface area contributed by atoms with E-state index in [0.29, 0.717) is 0 Å². The van der Waals surface area contributed by atoms with Crippen molar-refractivity contribution in [1.82, 2.24) is 0 Å². The van der Waals surface area contributed by atoms with Gasteiger partial charge in [-0.3, -0.25) is 0 Å². The van der Waals surface area contributed by atoms with E-state index in [1.54, 1.807) is 6.07 Å². The number of allylic oxidation sites excluding steroid dienone is 1. The van der Waals surface area contributed by atoms with Crippen LogP contribution in [0.1, 0.15) is 5.56 Å². The van der Waals surface area contributed by atoms with Gasteiger partial charge in [0.25, 0.3) is 0 Å². The van der Waals surface area contributed by atoms with Gasteiger partial charge >= 0.3 is 5.97 Å². The normalized spacial score (nSPS) is 6.39. The van der Waals surface area contributed by atoms with E-state index in [0.717, 1.165) is 6.08 Å². The standard InChI is InChI=1S/C8H8.C3H3N.C3H4O2.ClH/c1-2-8-6-4-3-5-7-8;1-2-3-4;1-2-3(4)5;/h2-7H,1H2;2H,1H2;2H,1H2,(H,4,5);1H. The van der Waals surface area contributed by atoms with Crippen LogP contribution in [0.5, 0.6) is 0 Å². The van der Waals surface area contributed by atoms with Gasteiger partial charge in [0.15, 0.2) is 0 Å². The highest BCUT2D eigenvalue weighted by Crippen LogP contribution is 1.97. The number of carboxylic acids is 1. The van der Waals surface area contributed by atoms with E-state index < -0.39 is 5.97 Å². The second-order valence-corrected chi connectivity index (χ2v) is 2.49. The van der Waals surface area contributed by atoms with Crippen molar-refractivity contribution < 1.29 is 9.90 Å². The lowest BCUT2D eigenvalue weighted by atomic mass is 10.2. The molecule has 0 atom stereocenters. The van der Waals surface area contributed by atoms with Gasteiger partial charge in [0, 0.05) is 12.2 Å². The average molecular weight is 266 g/mol. The van der Waals surface area contributed by atoms with E-state index in [-0.39, 0.29) is 12.4 Å². The number of hydrogen-bond donors (Lipinski definition) is 1. The fraction of sp³-hybridized carbons (Fsp3) is 0. The molecule has 0 saturated heterocycles. The molecule has 1 rings (SSSR count). The smallest absolute Gasteiger partial charge is 0.327 e. The van der Waals surface area contributed by atoms with Gasteiger partial charge in [-0.15, -0.1) is 12.4 Å². The number of nitriles is 1. The van der Waals surface area contributed by atoms with Crippen LogP contribution in [0.15, 0.2) is 62.2 Å². The summed E-state index contributed by atoms with van der Waals surface area (Å²) in [7, 11) is 0. The predicted octanol–water partition coefficient (Wildman–Crippen LogP) is 3.70. The highest BCUT2D eigenvalue weighted by Gasteiger charge is 1.75. The van der Waals surface area contributed by atoms with Crippen molar-refractivity contribution in [3.05, 3.63) is 67.8 Å². The van der Waals surface area contributed by atoms with Gasteiger partial charge in [0.1, 0.15) is 0 Å². The van der Waals surface area contributed by atoms with Gasteiger partial charge in [-0.2, -0.15) is 5.26 Å². The molecule has 0 bridgehead atoms. The lowest BCUT2D eigenvalue weighted by Crippen LogP contribution is -1.82. The Morgan fingerprint density at radius 2 is 1.61 bits per heavy atom. The number of aliphatic carboxylic acids is 1. The Labute approximate surface area is 114 Å². The molecule has 0 aliphatic rings. The zero-order valence-electron chi connectivity index (χ0n) is 9.95. The maximum atomic E-state index is 9.25. The van der Waals surface area contributed by atoms with Gasteiger partial charge < -0.3 is 5.11 Å². The summed E-state index contributed by atoms with van der Waals surface area (Å²) >= 11 is 0. The van der Waals surface area contributed by atoms with Crippen molar-refractivity contribution >= 4 is 24.5 Å². The fourth-order valence-corrected chi connectivity index (χ4v) is 0.589. The van der Waals surface area contributed by atoms with Crippen molar-refractivity contribution in [2.24, 2.45) is 0 Å². The number of carboxylic acid groups (broad SMARTS) is 1. The Hall–Kier alpha value is -2.31. The summed E-state index contributed by atoms with van der Waals surface area (Å²) in [5.41, 5.74) is 1.17. The number of rotatable bonds is 2. The van der Waals surface area contributed by atoms with Crippen LogP contribution in [-0.2, 0) is 4.79 Å². The third kappa shape index (κ3) is 19.3. The van der Waals surface area contributed by atoms with Crippen LogP contribution in [0.3, 0.4) is 0 Å². The van der Waals surface area contributed by atoms with Crippen LogP contribution >= 0.6 is 12.4 Å². The van der Waals surface area contributed by atoms with Crippen LogP contribution in [-0.4, -0.2) is 11.1 Å². The molecule has 1 aromatic rings. The first-order valence-electron chi connectivity index (χ1n) is 4.65. The third-order valence-electron chi connectivity index (χ3n) is 1.30. The molecule has 0 fully saturated rings. The van der Waals surface area contributed by atoms with Crippen molar-refractivity contribution in [2.45, 2.75) is 0 Å². The molecule has 18 heavy (non-hydrogen) atoms. The minimum atomic E-state index is -0.981. The summed E-state index contributed by atoms with van der Waals surface area (Å²) in [4.78, 5) is 9.25. The van der Waals surface area contributed by atoms with Gasteiger partial charge in [-0.05, 0) is 5.56 Å². The van der Waals surface area contributed by atoms with Gasteiger partial charge in [-0.1, -0.05) is 56.1 Å². The Morgan fingerprint density at radius 3 is 1.78 bits per heavy atom. The zero-order chi connectivity index (χ0) is 13.5. The van der Waals surface area contributed by atoms with Crippen LogP contribution in [0.25, 0.3) is 6.08 Å².